The van der Waals surface area contributed by atoms with Crippen LogP contribution in [-0.2, 0) is 0 Å². The standard InChI is InChI=1S/C21H13N3O2S3/c25-24(26)15-9-3-6-12-18(15)27-19(20-22-13-7-1-4-10-16(13)28-20)21-23-14-8-2-5-11-17(14)29-21/h1-12,22H/b20-19-. The number of thiazole rings is 1. The summed E-state index contributed by atoms with van der Waals surface area (Å²) in [5.74, 6) is 0. The van der Waals surface area contributed by atoms with Gasteiger partial charge in [0.2, 0.25) is 0 Å². The van der Waals surface area contributed by atoms with Gasteiger partial charge >= 0.3 is 0 Å². The number of hydrogen-bond donors (Lipinski definition) is 1. The Labute approximate surface area is 179 Å². The molecule has 1 aliphatic heterocycles. The first-order valence-corrected chi connectivity index (χ1v) is 11.2. The second-order valence-electron chi connectivity index (χ2n) is 6.20. The lowest BCUT2D eigenvalue weighted by atomic mass is 10.3. The van der Waals surface area contributed by atoms with Crippen LogP contribution in [0.25, 0.3) is 15.1 Å². The molecular weight excluding hydrogens is 422 g/mol. The third kappa shape index (κ3) is 3.50. The first-order valence-electron chi connectivity index (χ1n) is 8.74. The quantitative estimate of drug-likeness (QED) is 0.215. The first-order chi connectivity index (χ1) is 14.2. The SMILES string of the molecule is O=[N+]([O-])c1ccccc1S/C(=C1/Nc2ccccc2S1)c1nc2ccccc2s1. The van der Waals surface area contributed by atoms with Crippen LogP contribution in [0.4, 0.5) is 11.4 Å². The highest BCUT2D eigenvalue weighted by Gasteiger charge is 2.25. The van der Waals surface area contributed by atoms with E-state index in [9.17, 15) is 10.1 Å². The maximum absolute atomic E-state index is 11.5. The molecule has 0 amide bonds. The number of rotatable bonds is 4. The Bertz CT molecular complexity index is 1220. The van der Waals surface area contributed by atoms with Crippen molar-refractivity contribution in [2.45, 2.75) is 9.79 Å². The second-order valence-corrected chi connectivity index (χ2v) is 9.33. The number of nitrogens with zero attached hydrogens (tertiary/aromatic N) is 2. The van der Waals surface area contributed by atoms with Crippen molar-refractivity contribution in [2.75, 3.05) is 5.32 Å². The van der Waals surface area contributed by atoms with E-state index in [0.717, 1.165) is 35.7 Å². The molecule has 1 aromatic heterocycles. The molecule has 1 aliphatic rings. The topological polar surface area (TPSA) is 68.1 Å². The number of para-hydroxylation sites is 3. The Balaban J connectivity index is 1.65. The van der Waals surface area contributed by atoms with E-state index in [4.69, 9.17) is 4.98 Å². The average Bonchev–Trinajstić information content (AvgIpc) is 3.36. The van der Waals surface area contributed by atoms with Gasteiger partial charge in [0.25, 0.3) is 5.69 Å². The van der Waals surface area contributed by atoms with Crippen LogP contribution in [0.1, 0.15) is 5.01 Å². The number of anilines is 1. The first kappa shape index (κ1) is 18.2. The zero-order chi connectivity index (χ0) is 19.8. The number of fused-ring (bicyclic) bond motifs is 2. The van der Waals surface area contributed by atoms with Crippen LogP contribution in [0.5, 0.6) is 0 Å². The molecule has 4 aromatic rings. The van der Waals surface area contributed by atoms with Gasteiger partial charge in [-0.1, -0.05) is 59.9 Å². The molecule has 2 heterocycles. The minimum Gasteiger partial charge on any atom is -0.348 e. The van der Waals surface area contributed by atoms with Gasteiger partial charge in [-0.2, -0.15) is 0 Å². The molecule has 5 rings (SSSR count). The summed E-state index contributed by atoms with van der Waals surface area (Å²) < 4.78 is 1.09. The molecular formula is C21H13N3O2S3. The van der Waals surface area contributed by atoms with E-state index < -0.39 is 0 Å². The Morgan fingerprint density at radius 2 is 1.76 bits per heavy atom. The summed E-state index contributed by atoms with van der Waals surface area (Å²) in [5, 5.41) is 16.8. The van der Waals surface area contributed by atoms with Crippen molar-refractivity contribution in [3.8, 4) is 0 Å². The zero-order valence-corrected chi connectivity index (χ0v) is 17.3. The van der Waals surface area contributed by atoms with Crippen molar-refractivity contribution >= 4 is 61.4 Å². The highest BCUT2D eigenvalue weighted by molar-refractivity contribution is 8.11. The van der Waals surface area contributed by atoms with Gasteiger partial charge < -0.3 is 5.32 Å². The Kier molecular flexibility index (Phi) is 4.75. The van der Waals surface area contributed by atoms with E-state index in [0.29, 0.717) is 4.90 Å². The Morgan fingerprint density at radius 3 is 2.59 bits per heavy atom. The average molecular weight is 436 g/mol. The van der Waals surface area contributed by atoms with E-state index in [2.05, 4.69) is 11.4 Å². The molecule has 0 fully saturated rings. The lowest BCUT2D eigenvalue weighted by Gasteiger charge is -2.09. The summed E-state index contributed by atoms with van der Waals surface area (Å²) >= 11 is 4.60. The summed E-state index contributed by atoms with van der Waals surface area (Å²) in [6, 6.07) is 22.9. The van der Waals surface area contributed by atoms with Gasteiger partial charge in [-0.25, -0.2) is 4.98 Å². The van der Waals surface area contributed by atoms with Crippen molar-refractivity contribution in [1.82, 2.24) is 4.98 Å². The predicted molar refractivity (Wildman–Crippen MR) is 121 cm³/mol. The lowest BCUT2D eigenvalue weighted by Crippen LogP contribution is -1.95. The predicted octanol–water partition coefficient (Wildman–Crippen LogP) is 6.84. The monoisotopic (exact) mass is 435 g/mol. The fourth-order valence-electron chi connectivity index (χ4n) is 2.98. The van der Waals surface area contributed by atoms with Crippen LogP contribution >= 0.6 is 34.9 Å². The normalized spacial score (nSPS) is 14.5. The van der Waals surface area contributed by atoms with Gasteiger partial charge in [0.1, 0.15) is 5.01 Å². The molecule has 0 saturated heterocycles. The number of hydrogen-bond acceptors (Lipinski definition) is 7. The van der Waals surface area contributed by atoms with Gasteiger partial charge in [0.05, 0.1) is 35.7 Å². The summed E-state index contributed by atoms with van der Waals surface area (Å²) in [7, 11) is 0. The third-order valence-electron chi connectivity index (χ3n) is 4.32. The van der Waals surface area contributed by atoms with Crippen LogP contribution in [0.15, 0.2) is 87.6 Å². The molecule has 0 atom stereocenters. The fourth-order valence-corrected chi connectivity index (χ4v) is 6.29. The zero-order valence-electron chi connectivity index (χ0n) is 14.9. The Morgan fingerprint density at radius 1 is 1.00 bits per heavy atom. The molecule has 0 unspecified atom stereocenters. The largest absolute Gasteiger partial charge is 0.348 e. The van der Waals surface area contributed by atoms with Gasteiger partial charge in [0.15, 0.2) is 0 Å². The second kappa shape index (κ2) is 7.55. The van der Waals surface area contributed by atoms with Crippen molar-refractivity contribution in [1.29, 1.82) is 0 Å². The van der Waals surface area contributed by atoms with E-state index in [-0.39, 0.29) is 10.6 Å². The molecule has 29 heavy (non-hydrogen) atoms. The van der Waals surface area contributed by atoms with Gasteiger partial charge in [0, 0.05) is 11.0 Å². The molecule has 3 aromatic carbocycles. The van der Waals surface area contributed by atoms with Crippen molar-refractivity contribution in [3.05, 3.63) is 92.9 Å². The van der Waals surface area contributed by atoms with Crippen molar-refractivity contribution < 1.29 is 4.92 Å². The maximum atomic E-state index is 11.5. The van der Waals surface area contributed by atoms with E-state index in [1.54, 1.807) is 35.2 Å². The summed E-state index contributed by atoms with van der Waals surface area (Å²) in [6.45, 7) is 0. The Hall–Kier alpha value is -2.81. The van der Waals surface area contributed by atoms with Crippen molar-refractivity contribution in [2.24, 2.45) is 0 Å². The molecule has 0 bridgehead atoms. The summed E-state index contributed by atoms with van der Waals surface area (Å²) in [5.41, 5.74) is 2.06. The molecule has 142 valence electrons. The summed E-state index contributed by atoms with van der Waals surface area (Å²) in [4.78, 5) is 18.6. The van der Waals surface area contributed by atoms with Crippen LogP contribution in [0.2, 0.25) is 0 Å². The molecule has 0 saturated carbocycles. The van der Waals surface area contributed by atoms with E-state index >= 15 is 0 Å². The van der Waals surface area contributed by atoms with Crippen LogP contribution < -0.4 is 5.32 Å². The van der Waals surface area contributed by atoms with Gasteiger partial charge in [-0.15, -0.1) is 11.3 Å². The van der Waals surface area contributed by atoms with Gasteiger partial charge in [-0.3, -0.25) is 10.1 Å². The summed E-state index contributed by atoms with van der Waals surface area (Å²) in [6.07, 6.45) is 0. The highest BCUT2D eigenvalue weighted by atomic mass is 32.2. The van der Waals surface area contributed by atoms with Crippen LogP contribution in [0, 0.1) is 10.1 Å². The van der Waals surface area contributed by atoms with E-state index in [1.165, 1.54) is 17.8 Å². The molecule has 0 radical (unpaired) electrons. The number of nitro groups is 1. The van der Waals surface area contributed by atoms with Gasteiger partial charge in [-0.05, 0) is 30.3 Å². The number of aromatic nitrogens is 1. The molecule has 0 spiro atoms. The third-order valence-corrected chi connectivity index (χ3v) is 7.88. The smallest absolute Gasteiger partial charge is 0.283 e. The van der Waals surface area contributed by atoms with Crippen LogP contribution in [-0.4, -0.2) is 9.91 Å². The number of nitrogens with one attached hydrogen (secondary N) is 1. The number of benzene rings is 3. The molecule has 0 aliphatic carbocycles. The minimum absolute atomic E-state index is 0.0947. The molecule has 1 N–H and O–H groups in total. The number of nitro benzene ring substituents is 1. The highest BCUT2D eigenvalue weighted by Crippen LogP contribution is 2.50. The fraction of sp³-hybridized carbons (Fsp3) is 0. The molecule has 8 heteroatoms. The lowest BCUT2D eigenvalue weighted by molar-refractivity contribution is -0.387. The van der Waals surface area contributed by atoms with E-state index in [1.807, 2.05) is 48.5 Å². The molecule has 5 nitrogen and oxygen atoms in total. The van der Waals surface area contributed by atoms with Crippen molar-refractivity contribution in [3.63, 3.8) is 0 Å². The minimum atomic E-state index is -0.340. The maximum Gasteiger partial charge on any atom is 0.283 e. The van der Waals surface area contributed by atoms with Crippen LogP contribution in [0.3, 0.4) is 0 Å². The number of thioether (sulfide) groups is 2.